The number of nitrogens with two attached hydrogens (primary N) is 1. The number of nitro benzene ring substituents is 1. The molecule has 0 radical (unpaired) electrons. The van der Waals surface area contributed by atoms with Crippen molar-refractivity contribution in [3.8, 4) is 0 Å². The van der Waals surface area contributed by atoms with Gasteiger partial charge in [0.15, 0.2) is 0 Å². The summed E-state index contributed by atoms with van der Waals surface area (Å²) >= 11 is 0. The number of non-ortho nitro benzene ring substituents is 1. The van der Waals surface area contributed by atoms with Crippen LogP contribution in [-0.4, -0.2) is 16.8 Å². The topological polar surface area (TPSA) is 113 Å². The van der Waals surface area contributed by atoms with E-state index in [1.807, 2.05) is 0 Å². The molecule has 1 aromatic carbocycles. The molecule has 1 atom stereocenters. The maximum atomic E-state index is 11.4. The van der Waals surface area contributed by atoms with E-state index in [9.17, 15) is 19.7 Å². The number of primary amides is 1. The fourth-order valence-electron chi connectivity index (χ4n) is 1.71. The summed E-state index contributed by atoms with van der Waals surface area (Å²) < 4.78 is 4.91. The van der Waals surface area contributed by atoms with E-state index in [0.29, 0.717) is 5.56 Å². The van der Waals surface area contributed by atoms with Gasteiger partial charge >= 0.3 is 5.97 Å². The highest BCUT2D eigenvalue weighted by Crippen LogP contribution is 2.34. The van der Waals surface area contributed by atoms with E-state index in [1.54, 1.807) is 0 Å². The molecule has 0 unspecified atom stereocenters. The third-order valence-electron chi connectivity index (χ3n) is 2.45. The SMILES string of the molecule is NC(=O)C[C@H]1OC(=O)c2cc([N+](=O)[O-])ccc21. The van der Waals surface area contributed by atoms with E-state index >= 15 is 0 Å². The second-order valence-corrected chi connectivity index (χ2v) is 3.59. The van der Waals surface area contributed by atoms with Crippen LogP contribution in [0.25, 0.3) is 0 Å². The standard InChI is InChI=1S/C10H8N2O5/c11-9(13)4-8-6-2-1-5(12(15)16)3-7(6)10(14)17-8/h1-3,8H,4H2,(H2,11,13)/t8-/m1/s1. The van der Waals surface area contributed by atoms with Crippen molar-refractivity contribution in [1.29, 1.82) is 0 Å². The Bertz CT molecular complexity index is 525. The first kappa shape index (κ1) is 11.1. The van der Waals surface area contributed by atoms with E-state index in [4.69, 9.17) is 10.5 Å². The molecule has 0 aliphatic carbocycles. The Morgan fingerprint density at radius 1 is 1.53 bits per heavy atom. The number of cyclic esters (lactones) is 1. The number of nitro groups is 1. The second kappa shape index (κ2) is 3.85. The van der Waals surface area contributed by atoms with Crippen LogP contribution < -0.4 is 5.73 Å². The van der Waals surface area contributed by atoms with Crippen LogP contribution in [0.4, 0.5) is 5.69 Å². The van der Waals surface area contributed by atoms with Gasteiger partial charge in [0.2, 0.25) is 5.91 Å². The van der Waals surface area contributed by atoms with Crippen LogP contribution in [0.2, 0.25) is 0 Å². The zero-order valence-corrected chi connectivity index (χ0v) is 8.58. The summed E-state index contributed by atoms with van der Waals surface area (Å²) in [4.78, 5) is 32.1. The molecular weight excluding hydrogens is 228 g/mol. The molecule has 0 saturated carbocycles. The summed E-state index contributed by atoms with van der Waals surface area (Å²) in [6.07, 6.45) is -0.868. The predicted molar refractivity (Wildman–Crippen MR) is 55.1 cm³/mol. The summed E-state index contributed by atoms with van der Waals surface area (Å²) in [5.41, 5.74) is 5.39. The maximum Gasteiger partial charge on any atom is 0.339 e. The second-order valence-electron chi connectivity index (χ2n) is 3.59. The molecule has 1 aromatic rings. The molecule has 0 spiro atoms. The Hall–Kier alpha value is -2.44. The largest absolute Gasteiger partial charge is 0.453 e. The van der Waals surface area contributed by atoms with Gasteiger partial charge in [-0.3, -0.25) is 14.9 Å². The molecule has 1 aliphatic heterocycles. The van der Waals surface area contributed by atoms with Gasteiger partial charge in [-0.1, -0.05) is 0 Å². The predicted octanol–water partition coefficient (Wildman–Crippen LogP) is 0.682. The fraction of sp³-hybridized carbons (Fsp3) is 0.200. The molecule has 17 heavy (non-hydrogen) atoms. The molecule has 0 fully saturated rings. The monoisotopic (exact) mass is 236 g/mol. The summed E-state index contributed by atoms with van der Waals surface area (Å²) in [6, 6.07) is 3.80. The highest BCUT2D eigenvalue weighted by atomic mass is 16.6. The van der Waals surface area contributed by atoms with E-state index < -0.39 is 22.9 Å². The van der Waals surface area contributed by atoms with E-state index in [2.05, 4.69) is 0 Å². The number of fused-ring (bicyclic) bond motifs is 1. The molecule has 1 heterocycles. The van der Waals surface area contributed by atoms with Crippen LogP contribution >= 0.6 is 0 Å². The average molecular weight is 236 g/mol. The molecule has 7 nitrogen and oxygen atoms in total. The smallest absolute Gasteiger partial charge is 0.339 e. The Balaban J connectivity index is 2.40. The van der Waals surface area contributed by atoms with Gasteiger partial charge in [0.05, 0.1) is 16.9 Å². The number of benzene rings is 1. The number of carbonyl (C=O) groups excluding carboxylic acids is 2. The lowest BCUT2D eigenvalue weighted by molar-refractivity contribution is -0.384. The Morgan fingerprint density at radius 3 is 2.82 bits per heavy atom. The molecule has 0 saturated heterocycles. The average Bonchev–Trinajstić information content (AvgIpc) is 2.54. The first-order valence-corrected chi connectivity index (χ1v) is 4.76. The summed E-state index contributed by atoms with van der Waals surface area (Å²) in [5, 5.41) is 10.5. The highest BCUT2D eigenvalue weighted by molar-refractivity contribution is 5.95. The van der Waals surface area contributed by atoms with Crippen LogP contribution in [0.15, 0.2) is 18.2 Å². The number of amides is 1. The lowest BCUT2D eigenvalue weighted by Crippen LogP contribution is -2.15. The molecule has 88 valence electrons. The van der Waals surface area contributed by atoms with Crippen molar-refractivity contribution in [2.75, 3.05) is 0 Å². The fourth-order valence-corrected chi connectivity index (χ4v) is 1.71. The minimum atomic E-state index is -0.740. The van der Waals surface area contributed by atoms with Crippen LogP contribution in [0.5, 0.6) is 0 Å². The third-order valence-corrected chi connectivity index (χ3v) is 2.45. The van der Waals surface area contributed by atoms with E-state index in [1.165, 1.54) is 12.1 Å². The number of ether oxygens (including phenoxy) is 1. The Labute approximate surface area is 95.3 Å². The third kappa shape index (κ3) is 1.94. The van der Waals surface area contributed by atoms with E-state index in [-0.39, 0.29) is 17.7 Å². The van der Waals surface area contributed by atoms with Gasteiger partial charge in [-0.25, -0.2) is 4.79 Å². The minimum absolute atomic E-state index is 0.116. The van der Waals surface area contributed by atoms with Crippen molar-refractivity contribution < 1.29 is 19.2 Å². The lowest BCUT2D eigenvalue weighted by atomic mass is 10.0. The minimum Gasteiger partial charge on any atom is -0.453 e. The van der Waals surface area contributed by atoms with Crippen LogP contribution in [-0.2, 0) is 9.53 Å². The molecule has 0 bridgehead atoms. The van der Waals surface area contributed by atoms with Gasteiger partial charge in [0.25, 0.3) is 5.69 Å². The van der Waals surface area contributed by atoms with Crippen molar-refractivity contribution in [2.24, 2.45) is 5.73 Å². The molecular formula is C10H8N2O5. The van der Waals surface area contributed by atoms with Gasteiger partial charge < -0.3 is 10.5 Å². The Kier molecular flexibility index (Phi) is 2.51. The lowest BCUT2D eigenvalue weighted by Gasteiger charge is -2.06. The summed E-state index contributed by atoms with van der Waals surface area (Å²) in [6.45, 7) is 0. The van der Waals surface area contributed by atoms with Gasteiger partial charge in [-0.15, -0.1) is 0 Å². The molecule has 2 N–H and O–H groups in total. The molecule has 0 aromatic heterocycles. The van der Waals surface area contributed by atoms with Gasteiger partial charge in [0.1, 0.15) is 6.10 Å². The molecule has 1 amide bonds. The van der Waals surface area contributed by atoms with E-state index in [0.717, 1.165) is 6.07 Å². The summed E-state index contributed by atoms with van der Waals surface area (Å²) in [7, 11) is 0. The Morgan fingerprint density at radius 2 is 2.24 bits per heavy atom. The van der Waals surface area contributed by atoms with Crippen molar-refractivity contribution >= 4 is 17.6 Å². The van der Waals surface area contributed by atoms with Gasteiger partial charge in [-0.05, 0) is 6.07 Å². The summed E-state index contributed by atoms with van der Waals surface area (Å²) in [5.74, 6) is -1.27. The number of nitrogens with zero attached hydrogens (tertiary/aromatic N) is 1. The number of hydrogen-bond donors (Lipinski definition) is 1. The first-order chi connectivity index (χ1) is 7.99. The van der Waals surface area contributed by atoms with Crippen LogP contribution in [0.3, 0.4) is 0 Å². The zero-order valence-electron chi connectivity index (χ0n) is 8.58. The normalized spacial score (nSPS) is 17.4. The molecule has 7 heteroatoms. The van der Waals surface area contributed by atoms with Crippen molar-refractivity contribution in [3.63, 3.8) is 0 Å². The quantitative estimate of drug-likeness (QED) is 0.471. The zero-order chi connectivity index (χ0) is 12.6. The molecule has 1 aliphatic rings. The number of rotatable bonds is 3. The molecule has 2 rings (SSSR count). The first-order valence-electron chi connectivity index (χ1n) is 4.76. The highest BCUT2D eigenvalue weighted by Gasteiger charge is 2.33. The number of hydrogen-bond acceptors (Lipinski definition) is 5. The van der Waals surface area contributed by atoms with Crippen molar-refractivity contribution in [1.82, 2.24) is 0 Å². The number of carbonyl (C=O) groups is 2. The maximum absolute atomic E-state index is 11.4. The van der Waals surface area contributed by atoms with Crippen molar-refractivity contribution in [2.45, 2.75) is 12.5 Å². The van der Waals surface area contributed by atoms with Crippen LogP contribution in [0, 0.1) is 10.1 Å². The van der Waals surface area contributed by atoms with Crippen LogP contribution in [0.1, 0.15) is 28.4 Å². The number of esters is 1. The van der Waals surface area contributed by atoms with Gasteiger partial charge in [-0.2, -0.15) is 0 Å². The van der Waals surface area contributed by atoms with Crippen molar-refractivity contribution in [3.05, 3.63) is 39.4 Å². The van der Waals surface area contributed by atoms with Gasteiger partial charge in [0, 0.05) is 17.7 Å².